The maximum Gasteiger partial charge on any atom is 0.0672 e. The molecule has 1 aliphatic carbocycles. The Morgan fingerprint density at radius 3 is 2.70 bits per heavy atom. The molecule has 110 valence electrons. The number of rotatable bonds is 3. The van der Waals surface area contributed by atoms with E-state index in [9.17, 15) is 5.26 Å². The molecule has 1 aromatic rings. The highest BCUT2D eigenvalue weighted by atomic mass is 32.1. The Kier molecular flexibility index (Phi) is 4.88. The van der Waals surface area contributed by atoms with Gasteiger partial charge in [-0.2, -0.15) is 5.26 Å². The minimum absolute atomic E-state index is 0.193. The number of hydrogen-bond acceptors (Lipinski definition) is 3. The van der Waals surface area contributed by atoms with Crippen LogP contribution in [0.5, 0.6) is 0 Å². The second-order valence-corrected chi connectivity index (χ2v) is 8.21. The van der Waals surface area contributed by atoms with Crippen LogP contribution in [0.15, 0.2) is 17.5 Å². The fourth-order valence-electron chi connectivity index (χ4n) is 3.34. The van der Waals surface area contributed by atoms with Crippen molar-refractivity contribution >= 4 is 11.3 Å². The van der Waals surface area contributed by atoms with Gasteiger partial charge in [-0.3, -0.25) is 4.90 Å². The standard InChI is InChI=1S/C17H26N2S/c1-17(2,3)14-8-7-13(11-18)16(10-14)19(4)12-15-6-5-9-20-15/h5-6,9,13-14,16H,7-8,10,12H2,1-4H3. The van der Waals surface area contributed by atoms with E-state index in [4.69, 9.17) is 0 Å². The summed E-state index contributed by atoms with van der Waals surface area (Å²) in [7, 11) is 2.18. The van der Waals surface area contributed by atoms with Crippen LogP contribution in [-0.4, -0.2) is 18.0 Å². The van der Waals surface area contributed by atoms with Gasteiger partial charge in [-0.25, -0.2) is 0 Å². The second kappa shape index (κ2) is 6.28. The molecule has 0 amide bonds. The van der Waals surface area contributed by atoms with Crippen molar-refractivity contribution in [2.75, 3.05) is 7.05 Å². The van der Waals surface area contributed by atoms with Gasteiger partial charge in [0.05, 0.1) is 12.0 Å². The van der Waals surface area contributed by atoms with Gasteiger partial charge in [0.1, 0.15) is 0 Å². The molecule has 1 aromatic heterocycles. The Morgan fingerprint density at radius 1 is 1.40 bits per heavy atom. The van der Waals surface area contributed by atoms with Gasteiger partial charge in [-0.1, -0.05) is 26.8 Å². The third-order valence-corrected chi connectivity index (χ3v) is 5.62. The van der Waals surface area contributed by atoms with Gasteiger partial charge in [0.2, 0.25) is 0 Å². The van der Waals surface area contributed by atoms with Crippen LogP contribution in [0.25, 0.3) is 0 Å². The molecule has 0 spiro atoms. The van der Waals surface area contributed by atoms with Gasteiger partial charge in [0.15, 0.2) is 0 Å². The van der Waals surface area contributed by atoms with Gasteiger partial charge < -0.3 is 0 Å². The van der Waals surface area contributed by atoms with Crippen LogP contribution in [0.4, 0.5) is 0 Å². The Balaban J connectivity index is 2.07. The first kappa shape index (κ1) is 15.5. The highest BCUT2D eigenvalue weighted by Gasteiger charge is 2.37. The van der Waals surface area contributed by atoms with Crippen LogP contribution in [0.3, 0.4) is 0 Å². The summed E-state index contributed by atoms with van der Waals surface area (Å²) >= 11 is 1.81. The zero-order chi connectivity index (χ0) is 14.8. The lowest BCUT2D eigenvalue weighted by Crippen LogP contribution is -2.43. The fraction of sp³-hybridized carbons (Fsp3) is 0.706. The Hall–Kier alpha value is -0.850. The molecule has 1 aliphatic rings. The highest BCUT2D eigenvalue weighted by molar-refractivity contribution is 7.09. The monoisotopic (exact) mass is 290 g/mol. The topological polar surface area (TPSA) is 27.0 Å². The van der Waals surface area contributed by atoms with Crippen molar-refractivity contribution in [2.45, 2.75) is 52.6 Å². The molecular weight excluding hydrogens is 264 g/mol. The SMILES string of the molecule is CN(Cc1cccs1)C1CC(C(C)(C)C)CCC1C#N. The van der Waals surface area contributed by atoms with Crippen molar-refractivity contribution in [2.24, 2.45) is 17.3 Å². The van der Waals surface area contributed by atoms with E-state index in [2.05, 4.69) is 56.3 Å². The van der Waals surface area contributed by atoms with Crippen molar-refractivity contribution in [3.8, 4) is 6.07 Å². The van der Waals surface area contributed by atoms with E-state index >= 15 is 0 Å². The molecular formula is C17H26N2S. The zero-order valence-corrected chi connectivity index (χ0v) is 13.9. The third-order valence-electron chi connectivity index (χ3n) is 4.76. The average molecular weight is 290 g/mol. The van der Waals surface area contributed by atoms with Crippen molar-refractivity contribution in [1.29, 1.82) is 5.26 Å². The van der Waals surface area contributed by atoms with Gasteiger partial charge in [-0.15, -0.1) is 11.3 Å². The van der Waals surface area contributed by atoms with Crippen LogP contribution in [0, 0.1) is 28.6 Å². The van der Waals surface area contributed by atoms with E-state index in [1.54, 1.807) is 11.3 Å². The number of thiophene rings is 1. The number of nitrogens with zero attached hydrogens (tertiary/aromatic N) is 2. The maximum absolute atomic E-state index is 9.45. The summed E-state index contributed by atoms with van der Waals surface area (Å²) in [6, 6.07) is 7.24. The van der Waals surface area contributed by atoms with Crippen LogP contribution >= 0.6 is 11.3 Å². The van der Waals surface area contributed by atoms with Crippen molar-refractivity contribution in [1.82, 2.24) is 4.90 Å². The minimum Gasteiger partial charge on any atom is -0.297 e. The third kappa shape index (κ3) is 3.62. The summed E-state index contributed by atoms with van der Waals surface area (Å²) in [6.45, 7) is 7.97. The molecule has 0 saturated heterocycles. The molecule has 0 bridgehead atoms. The molecule has 1 fully saturated rings. The van der Waals surface area contributed by atoms with Gasteiger partial charge in [0.25, 0.3) is 0 Å². The summed E-state index contributed by atoms with van der Waals surface area (Å²) in [5, 5.41) is 11.6. The summed E-state index contributed by atoms with van der Waals surface area (Å²) < 4.78 is 0. The van der Waals surface area contributed by atoms with E-state index in [0.717, 1.165) is 25.3 Å². The van der Waals surface area contributed by atoms with Gasteiger partial charge >= 0.3 is 0 Å². The Bertz CT molecular complexity index is 452. The molecule has 2 rings (SSSR count). The quantitative estimate of drug-likeness (QED) is 0.817. The fourth-order valence-corrected chi connectivity index (χ4v) is 4.10. The molecule has 0 radical (unpaired) electrons. The lowest BCUT2D eigenvalue weighted by atomic mass is 9.68. The van der Waals surface area contributed by atoms with Crippen molar-refractivity contribution < 1.29 is 0 Å². The average Bonchev–Trinajstić information content (AvgIpc) is 2.89. The van der Waals surface area contributed by atoms with E-state index < -0.39 is 0 Å². The summed E-state index contributed by atoms with van der Waals surface area (Å²) in [6.07, 6.45) is 3.41. The van der Waals surface area contributed by atoms with Gasteiger partial charge in [0, 0.05) is 17.5 Å². The first-order chi connectivity index (χ1) is 9.41. The van der Waals surface area contributed by atoms with Crippen molar-refractivity contribution in [3.05, 3.63) is 22.4 Å². The molecule has 0 aliphatic heterocycles. The molecule has 1 heterocycles. The molecule has 3 heteroatoms. The number of hydrogen-bond donors (Lipinski definition) is 0. The van der Waals surface area contributed by atoms with E-state index in [-0.39, 0.29) is 5.92 Å². The van der Waals surface area contributed by atoms with Gasteiger partial charge in [-0.05, 0) is 49.1 Å². The molecule has 1 saturated carbocycles. The number of nitriles is 1. The normalized spacial score (nSPS) is 27.5. The van der Waals surface area contributed by atoms with E-state index in [1.165, 1.54) is 11.3 Å². The first-order valence-electron chi connectivity index (χ1n) is 7.54. The first-order valence-corrected chi connectivity index (χ1v) is 8.42. The lowest BCUT2D eigenvalue weighted by molar-refractivity contribution is 0.0719. The second-order valence-electron chi connectivity index (χ2n) is 7.17. The Labute approximate surface area is 127 Å². The van der Waals surface area contributed by atoms with E-state index in [1.807, 2.05) is 0 Å². The maximum atomic E-state index is 9.45. The van der Waals surface area contributed by atoms with E-state index in [0.29, 0.717) is 11.5 Å². The minimum atomic E-state index is 0.193. The zero-order valence-electron chi connectivity index (χ0n) is 13.1. The highest BCUT2D eigenvalue weighted by Crippen LogP contribution is 2.41. The Morgan fingerprint density at radius 2 is 2.15 bits per heavy atom. The summed E-state index contributed by atoms with van der Waals surface area (Å²) in [5.41, 5.74) is 0.350. The predicted molar refractivity (Wildman–Crippen MR) is 85.5 cm³/mol. The van der Waals surface area contributed by atoms with Crippen LogP contribution in [-0.2, 0) is 6.54 Å². The molecule has 2 nitrogen and oxygen atoms in total. The predicted octanol–water partition coefficient (Wildman–Crippen LogP) is 4.53. The molecule has 0 N–H and O–H groups in total. The lowest BCUT2D eigenvalue weighted by Gasteiger charge is -2.43. The van der Waals surface area contributed by atoms with Crippen LogP contribution in [0.1, 0.15) is 44.9 Å². The van der Waals surface area contributed by atoms with Crippen LogP contribution < -0.4 is 0 Å². The largest absolute Gasteiger partial charge is 0.297 e. The molecule has 3 unspecified atom stereocenters. The van der Waals surface area contributed by atoms with Crippen molar-refractivity contribution in [3.63, 3.8) is 0 Å². The molecule has 20 heavy (non-hydrogen) atoms. The summed E-state index contributed by atoms with van der Waals surface area (Å²) in [4.78, 5) is 3.79. The summed E-state index contributed by atoms with van der Waals surface area (Å²) in [5.74, 6) is 0.918. The molecule has 0 aromatic carbocycles. The smallest absolute Gasteiger partial charge is 0.0672 e. The van der Waals surface area contributed by atoms with Crippen LogP contribution in [0.2, 0.25) is 0 Å². The molecule has 3 atom stereocenters.